The Kier molecular flexibility index (Phi) is 7.19. The molecular weight excluding hydrogens is 406 g/mol. The summed E-state index contributed by atoms with van der Waals surface area (Å²) in [6.07, 6.45) is 4.25. The van der Waals surface area contributed by atoms with Crippen molar-refractivity contribution in [3.05, 3.63) is 35.4 Å². The summed E-state index contributed by atoms with van der Waals surface area (Å²) in [4.78, 5) is 2.44. The smallest absolute Gasteiger partial charge is 0.142 e. The van der Waals surface area contributed by atoms with E-state index < -0.39 is 0 Å². The van der Waals surface area contributed by atoms with E-state index in [1.165, 1.54) is 5.69 Å². The zero-order chi connectivity index (χ0) is 21.0. The number of fused-ring (bicyclic) bond motifs is 1. The summed E-state index contributed by atoms with van der Waals surface area (Å²) in [5.74, 6) is 1.31. The molecule has 3 aromatic rings. The molecule has 0 fully saturated rings. The first-order valence-electron chi connectivity index (χ1n) is 9.82. The van der Waals surface area contributed by atoms with Crippen LogP contribution in [0.3, 0.4) is 0 Å². The largest absolute Gasteiger partial charge is 0.496 e. The lowest BCUT2D eigenvalue weighted by Gasteiger charge is -2.23. The van der Waals surface area contributed by atoms with Crippen LogP contribution in [-0.2, 0) is 0 Å². The summed E-state index contributed by atoms with van der Waals surface area (Å²) in [6.45, 7) is 6.42. The van der Waals surface area contributed by atoms with Crippen LogP contribution >= 0.6 is 23.4 Å². The van der Waals surface area contributed by atoms with Crippen molar-refractivity contribution < 1.29 is 9.47 Å². The van der Waals surface area contributed by atoms with E-state index in [4.69, 9.17) is 26.2 Å². The fourth-order valence-electron chi connectivity index (χ4n) is 3.67. The third kappa shape index (κ3) is 4.14. The lowest BCUT2D eigenvalue weighted by molar-refractivity contribution is 0.397. The number of hydrogen-bond donors (Lipinski definition) is 0. The van der Waals surface area contributed by atoms with E-state index in [-0.39, 0.29) is 0 Å². The molecule has 0 saturated heterocycles. The molecule has 0 N–H and O–H groups in total. The molecule has 7 heteroatoms. The van der Waals surface area contributed by atoms with Gasteiger partial charge in [-0.15, -0.1) is 11.8 Å². The number of ether oxygens (including phenoxy) is 2. The maximum atomic E-state index is 6.26. The Balaban J connectivity index is 2.31. The fourth-order valence-corrected chi connectivity index (χ4v) is 4.46. The Bertz CT molecular complexity index is 959. The summed E-state index contributed by atoms with van der Waals surface area (Å²) < 4.78 is 13.3. The standard InChI is InChI=1S/C22H28ClN3O2S/c1-6-11-25(12-7-2)21-17-10-8-9-16(26(17)24-22(21)29-5)20-18(27-3)13-15(23)14-19(20)28-4/h8-10,13-14H,6-7,11-12H2,1-5H3. The van der Waals surface area contributed by atoms with E-state index >= 15 is 0 Å². The third-order valence-electron chi connectivity index (χ3n) is 4.82. The van der Waals surface area contributed by atoms with Gasteiger partial charge in [0.2, 0.25) is 0 Å². The topological polar surface area (TPSA) is 39.0 Å². The second kappa shape index (κ2) is 9.63. The van der Waals surface area contributed by atoms with Gasteiger partial charge >= 0.3 is 0 Å². The van der Waals surface area contributed by atoms with Crippen LogP contribution in [0, 0.1) is 0 Å². The predicted molar refractivity (Wildman–Crippen MR) is 123 cm³/mol. The summed E-state index contributed by atoms with van der Waals surface area (Å²) in [7, 11) is 3.28. The molecular formula is C22H28ClN3O2S. The Morgan fingerprint density at radius 1 is 1.07 bits per heavy atom. The normalized spacial score (nSPS) is 11.1. The highest BCUT2D eigenvalue weighted by Gasteiger charge is 2.23. The molecule has 3 rings (SSSR count). The van der Waals surface area contributed by atoms with E-state index in [0.717, 1.165) is 47.7 Å². The number of anilines is 1. The maximum Gasteiger partial charge on any atom is 0.142 e. The summed E-state index contributed by atoms with van der Waals surface area (Å²) >= 11 is 7.93. The van der Waals surface area contributed by atoms with Crippen LogP contribution in [0.4, 0.5) is 5.69 Å². The molecule has 0 unspecified atom stereocenters. The van der Waals surface area contributed by atoms with Crippen molar-refractivity contribution in [1.82, 2.24) is 9.61 Å². The summed E-state index contributed by atoms with van der Waals surface area (Å²) in [5, 5.41) is 6.55. The van der Waals surface area contributed by atoms with Gasteiger partial charge < -0.3 is 14.4 Å². The van der Waals surface area contributed by atoms with Crippen molar-refractivity contribution in [2.75, 3.05) is 38.5 Å². The van der Waals surface area contributed by atoms with Crippen molar-refractivity contribution in [3.63, 3.8) is 0 Å². The first-order valence-corrected chi connectivity index (χ1v) is 11.4. The van der Waals surface area contributed by atoms with Crippen molar-refractivity contribution in [2.24, 2.45) is 0 Å². The van der Waals surface area contributed by atoms with Crippen LogP contribution in [0.1, 0.15) is 26.7 Å². The monoisotopic (exact) mass is 433 g/mol. The highest BCUT2D eigenvalue weighted by atomic mass is 35.5. The molecule has 0 aliphatic heterocycles. The fraction of sp³-hybridized carbons (Fsp3) is 0.409. The van der Waals surface area contributed by atoms with E-state index in [2.05, 4.69) is 37.1 Å². The average Bonchev–Trinajstić information content (AvgIpc) is 3.11. The van der Waals surface area contributed by atoms with E-state index in [1.807, 2.05) is 10.6 Å². The first-order chi connectivity index (χ1) is 14.1. The summed E-state index contributed by atoms with van der Waals surface area (Å²) in [5.41, 5.74) is 4.01. The molecule has 0 saturated carbocycles. The minimum Gasteiger partial charge on any atom is -0.496 e. The molecule has 156 valence electrons. The Hall–Kier alpha value is -2.05. The number of methoxy groups -OCH3 is 2. The van der Waals surface area contributed by atoms with Gasteiger partial charge in [0, 0.05) is 18.1 Å². The molecule has 0 aliphatic carbocycles. The lowest BCUT2D eigenvalue weighted by atomic mass is 10.1. The van der Waals surface area contributed by atoms with Crippen molar-refractivity contribution in [3.8, 4) is 22.8 Å². The number of benzene rings is 1. The van der Waals surface area contributed by atoms with Crippen LogP contribution in [-0.4, -0.2) is 43.2 Å². The highest BCUT2D eigenvalue weighted by Crippen LogP contribution is 2.42. The zero-order valence-electron chi connectivity index (χ0n) is 17.7. The molecule has 2 heterocycles. The molecule has 0 bridgehead atoms. The number of nitrogens with zero attached hydrogens (tertiary/aromatic N) is 3. The zero-order valence-corrected chi connectivity index (χ0v) is 19.2. The number of hydrogen-bond acceptors (Lipinski definition) is 5. The molecule has 0 atom stereocenters. The van der Waals surface area contributed by atoms with Crippen LogP contribution in [0.5, 0.6) is 11.5 Å². The van der Waals surface area contributed by atoms with Gasteiger partial charge in [-0.3, -0.25) is 0 Å². The predicted octanol–water partition coefficient (Wildman–Crippen LogP) is 6.02. The van der Waals surface area contributed by atoms with Gasteiger partial charge in [-0.2, -0.15) is 5.10 Å². The number of thioether (sulfide) groups is 1. The van der Waals surface area contributed by atoms with Gasteiger partial charge in [-0.05, 0) is 43.4 Å². The number of halogens is 1. The Labute approximate surface area is 181 Å². The molecule has 29 heavy (non-hydrogen) atoms. The van der Waals surface area contributed by atoms with Gasteiger partial charge in [0.15, 0.2) is 0 Å². The average molecular weight is 434 g/mol. The van der Waals surface area contributed by atoms with Gasteiger partial charge in [-0.25, -0.2) is 4.52 Å². The minimum absolute atomic E-state index is 0.567. The van der Waals surface area contributed by atoms with Gasteiger partial charge in [0.25, 0.3) is 0 Å². The number of aromatic nitrogens is 2. The first kappa shape index (κ1) is 21.7. The van der Waals surface area contributed by atoms with Crippen LogP contribution < -0.4 is 14.4 Å². The van der Waals surface area contributed by atoms with Crippen molar-refractivity contribution in [2.45, 2.75) is 31.7 Å². The van der Waals surface area contributed by atoms with E-state index in [9.17, 15) is 0 Å². The number of rotatable bonds is 9. The summed E-state index contributed by atoms with van der Waals surface area (Å²) in [6, 6.07) is 9.83. The van der Waals surface area contributed by atoms with E-state index in [1.54, 1.807) is 38.1 Å². The second-order valence-electron chi connectivity index (χ2n) is 6.74. The van der Waals surface area contributed by atoms with Crippen LogP contribution in [0.25, 0.3) is 16.8 Å². The Morgan fingerprint density at radius 3 is 2.21 bits per heavy atom. The van der Waals surface area contributed by atoms with Gasteiger partial charge in [0.1, 0.15) is 16.5 Å². The molecule has 2 aromatic heterocycles. The number of pyridine rings is 1. The molecule has 5 nitrogen and oxygen atoms in total. The highest BCUT2D eigenvalue weighted by molar-refractivity contribution is 7.98. The molecule has 0 spiro atoms. The van der Waals surface area contributed by atoms with Gasteiger partial charge in [-0.1, -0.05) is 31.5 Å². The molecule has 1 aromatic carbocycles. The molecule has 0 aliphatic rings. The quantitative estimate of drug-likeness (QED) is 0.386. The van der Waals surface area contributed by atoms with Crippen molar-refractivity contribution >= 4 is 34.6 Å². The third-order valence-corrected chi connectivity index (χ3v) is 5.70. The van der Waals surface area contributed by atoms with Crippen LogP contribution in [0.15, 0.2) is 35.4 Å². The minimum atomic E-state index is 0.567. The van der Waals surface area contributed by atoms with Gasteiger partial charge in [0.05, 0.1) is 36.7 Å². The maximum absolute atomic E-state index is 6.26. The SMILES string of the molecule is CCCN(CCC)c1c(SC)nn2c(-c3c(OC)cc(Cl)cc3OC)cccc12. The second-order valence-corrected chi connectivity index (χ2v) is 7.97. The van der Waals surface area contributed by atoms with Crippen LogP contribution in [0.2, 0.25) is 5.02 Å². The van der Waals surface area contributed by atoms with E-state index in [0.29, 0.717) is 16.5 Å². The Morgan fingerprint density at radius 2 is 1.69 bits per heavy atom. The lowest BCUT2D eigenvalue weighted by Crippen LogP contribution is -2.25. The van der Waals surface area contributed by atoms with Crippen molar-refractivity contribution in [1.29, 1.82) is 0 Å². The molecule has 0 amide bonds. The molecule has 0 radical (unpaired) electrons.